The van der Waals surface area contributed by atoms with Crippen LogP contribution in [0.4, 0.5) is 5.00 Å². The van der Waals surface area contributed by atoms with Crippen LogP contribution in [-0.2, 0) is 16.0 Å². The van der Waals surface area contributed by atoms with Crippen molar-refractivity contribution in [1.29, 1.82) is 0 Å². The Hall–Kier alpha value is -2.12. The van der Waals surface area contributed by atoms with E-state index in [1.165, 1.54) is 11.3 Å². The zero-order valence-corrected chi connectivity index (χ0v) is 16.9. The van der Waals surface area contributed by atoms with Crippen molar-refractivity contribution in [3.8, 4) is 0 Å². The van der Waals surface area contributed by atoms with Gasteiger partial charge in [0.05, 0.1) is 22.3 Å². The predicted octanol–water partition coefficient (Wildman–Crippen LogP) is 4.56. The van der Waals surface area contributed by atoms with Crippen molar-refractivity contribution in [3.63, 3.8) is 0 Å². The lowest BCUT2D eigenvalue weighted by Crippen LogP contribution is -2.24. The number of benzene rings is 1. The van der Waals surface area contributed by atoms with E-state index in [4.69, 9.17) is 4.74 Å². The van der Waals surface area contributed by atoms with Gasteiger partial charge in [0.2, 0.25) is 5.91 Å². The second-order valence-corrected chi connectivity index (χ2v) is 8.36. The van der Waals surface area contributed by atoms with Crippen molar-refractivity contribution in [2.45, 2.75) is 43.3 Å². The molecule has 0 saturated heterocycles. The number of hydrogen-bond acceptors (Lipinski definition) is 6. The van der Waals surface area contributed by atoms with Crippen LogP contribution in [-0.4, -0.2) is 29.5 Å². The van der Waals surface area contributed by atoms with E-state index in [0.29, 0.717) is 40.3 Å². The Morgan fingerprint density at radius 2 is 2.00 bits per heavy atom. The average molecular weight is 404 g/mol. The summed E-state index contributed by atoms with van der Waals surface area (Å²) in [5.41, 5.74) is 1.05. The third-order valence-electron chi connectivity index (χ3n) is 4.25. The largest absolute Gasteiger partial charge is 0.462 e. The zero-order valence-electron chi connectivity index (χ0n) is 15.2. The Bertz CT molecular complexity index is 860. The summed E-state index contributed by atoms with van der Waals surface area (Å²) >= 11 is 2.73. The van der Waals surface area contributed by atoms with Gasteiger partial charge in [0.15, 0.2) is 5.78 Å². The van der Waals surface area contributed by atoms with Crippen LogP contribution < -0.4 is 5.32 Å². The minimum absolute atomic E-state index is 0.0117. The van der Waals surface area contributed by atoms with Gasteiger partial charge in [-0.05, 0) is 37.5 Å². The number of nitrogens with one attached hydrogen (secondary N) is 1. The van der Waals surface area contributed by atoms with Crippen LogP contribution in [0.5, 0.6) is 0 Å². The second-order valence-electron chi connectivity index (χ2n) is 6.06. The number of carbonyl (C=O) groups is 3. The fourth-order valence-electron chi connectivity index (χ4n) is 2.95. The first kappa shape index (κ1) is 19.6. The first-order chi connectivity index (χ1) is 13.0. The third-order valence-corrected chi connectivity index (χ3v) is 6.70. The summed E-state index contributed by atoms with van der Waals surface area (Å²) in [6, 6.07) is 9.81. The standard InChI is InChI=1S/C20H21NO4S2/c1-3-15(22)21-19-16(20(24)25-4-2)13-10-11-14(17(23)18(13)27-19)26-12-8-6-5-7-9-12/h5-9,14H,3-4,10-11H2,1-2H3,(H,21,22)/t14-/m1/s1. The number of rotatable bonds is 6. The van der Waals surface area contributed by atoms with Crippen molar-refractivity contribution in [2.75, 3.05) is 11.9 Å². The molecule has 27 heavy (non-hydrogen) atoms. The summed E-state index contributed by atoms with van der Waals surface area (Å²) in [5.74, 6) is -0.664. The molecule has 5 nitrogen and oxygen atoms in total. The first-order valence-electron chi connectivity index (χ1n) is 8.93. The van der Waals surface area contributed by atoms with E-state index in [1.54, 1.807) is 25.6 Å². The maximum atomic E-state index is 13.0. The Balaban J connectivity index is 1.93. The minimum Gasteiger partial charge on any atom is -0.462 e. The van der Waals surface area contributed by atoms with Gasteiger partial charge >= 0.3 is 5.97 Å². The molecule has 7 heteroatoms. The monoisotopic (exact) mass is 403 g/mol. The molecule has 1 heterocycles. The summed E-state index contributed by atoms with van der Waals surface area (Å²) in [6.07, 6.45) is 1.55. The number of fused-ring (bicyclic) bond motifs is 1. The number of esters is 1. The summed E-state index contributed by atoms with van der Waals surface area (Å²) in [5, 5.41) is 2.99. The molecule has 1 aliphatic carbocycles. The molecule has 0 unspecified atom stereocenters. The van der Waals surface area contributed by atoms with Crippen LogP contribution >= 0.6 is 23.1 Å². The van der Waals surface area contributed by atoms with Gasteiger partial charge in [-0.2, -0.15) is 0 Å². The molecule has 0 spiro atoms. The maximum Gasteiger partial charge on any atom is 0.341 e. The van der Waals surface area contributed by atoms with Crippen LogP contribution in [0.15, 0.2) is 35.2 Å². The van der Waals surface area contributed by atoms with Gasteiger partial charge in [-0.3, -0.25) is 9.59 Å². The highest BCUT2D eigenvalue weighted by atomic mass is 32.2. The number of thiophene rings is 1. The van der Waals surface area contributed by atoms with Gasteiger partial charge in [-0.1, -0.05) is 25.1 Å². The van der Waals surface area contributed by atoms with E-state index in [2.05, 4.69) is 5.32 Å². The topological polar surface area (TPSA) is 72.5 Å². The summed E-state index contributed by atoms with van der Waals surface area (Å²) in [4.78, 5) is 39.0. The fourth-order valence-corrected chi connectivity index (χ4v) is 5.38. The Morgan fingerprint density at radius 1 is 1.26 bits per heavy atom. The number of anilines is 1. The van der Waals surface area contributed by atoms with Crippen molar-refractivity contribution < 1.29 is 19.1 Å². The van der Waals surface area contributed by atoms with Crippen molar-refractivity contribution in [2.24, 2.45) is 0 Å². The normalized spacial score (nSPS) is 15.9. The van der Waals surface area contributed by atoms with Crippen LogP contribution in [0.2, 0.25) is 0 Å². The van der Waals surface area contributed by atoms with Gasteiger partial charge in [-0.15, -0.1) is 23.1 Å². The zero-order chi connectivity index (χ0) is 19.4. The quantitative estimate of drug-likeness (QED) is 0.716. The lowest BCUT2D eigenvalue weighted by molar-refractivity contribution is -0.115. The van der Waals surface area contributed by atoms with Crippen LogP contribution in [0.1, 0.15) is 52.3 Å². The summed E-state index contributed by atoms with van der Waals surface area (Å²) in [7, 11) is 0. The van der Waals surface area contributed by atoms with Crippen molar-refractivity contribution in [3.05, 3.63) is 46.3 Å². The first-order valence-corrected chi connectivity index (χ1v) is 10.6. The number of amides is 1. The van der Waals surface area contributed by atoms with E-state index < -0.39 is 5.97 Å². The molecular formula is C20H21NO4S2. The Morgan fingerprint density at radius 3 is 2.67 bits per heavy atom. The molecule has 0 bridgehead atoms. The summed E-state index contributed by atoms with van der Waals surface area (Å²) < 4.78 is 5.17. The molecule has 3 rings (SSSR count). The molecule has 0 aliphatic heterocycles. The number of ether oxygens (including phenoxy) is 1. The third kappa shape index (κ3) is 4.25. The van der Waals surface area contributed by atoms with Crippen LogP contribution in [0.25, 0.3) is 0 Å². The van der Waals surface area contributed by atoms with E-state index in [0.717, 1.165) is 4.90 Å². The van der Waals surface area contributed by atoms with Crippen LogP contribution in [0.3, 0.4) is 0 Å². The molecule has 1 aromatic carbocycles. The van der Waals surface area contributed by atoms with Crippen molar-refractivity contribution in [1.82, 2.24) is 0 Å². The van der Waals surface area contributed by atoms with Gasteiger partial charge in [0.1, 0.15) is 5.00 Å². The molecule has 2 aromatic rings. The molecule has 0 fully saturated rings. The number of ketones is 1. The van der Waals surface area contributed by atoms with E-state index in [9.17, 15) is 14.4 Å². The van der Waals surface area contributed by atoms with Gasteiger partial charge in [-0.25, -0.2) is 4.79 Å². The smallest absolute Gasteiger partial charge is 0.341 e. The SMILES string of the molecule is CCOC(=O)c1c(NC(=O)CC)sc2c1CC[C@@H](Sc1ccccc1)C2=O. The van der Waals surface area contributed by atoms with E-state index in [-0.39, 0.29) is 23.5 Å². The highest BCUT2D eigenvalue weighted by Crippen LogP contribution is 2.42. The second kappa shape index (κ2) is 8.71. The predicted molar refractivity (Wildman–Crippen MR) is 108 cm³/mol. The Labute approximate surface area is 166 Å². The van der Waals surface area contributed by atoms with Crippen LogP contribution in [0, 0.1) is 0 Å². The average Bonchev–Trinajstić information content (AvgIpc) is 3.03. The molecular weight excluding hydrogens is 382 g/mol. The molecule has 1 amide bonds. The molecule has 1 N–H and O–H groups in total. The van der Waals surface area contributed by atoms with Crippen molar-refractivity contribution >= 4 is 45.8 Å². The number of carbonyl (C=O) groups excluding carboxylic acids is 3. The fraction of sp³-hybridized carbons (Fsp3) is 0.350. The molecule has 1 atom stereocenters. The number of thioether (sulfide) groups is 1. The molecule has 0 saturated carbocycles. The Kier molecular flexibility index (Phi) is 6.34. The van der Waals surface area contributed by atoms with E-state index >= 15 is 0 Å². The lowest BCUT2D eigenvalue weighted by Gasteiger charge is -2.20. The highest BCUT2D eigenvalue weighted by molar-refractivity contribution is 8.00. The summed E-state index contributed by atoms with van der Waals surface area (Å²) in [6.45, 7) is 3.72. The highest BCUT2D eigenvalue weighted by Gasteiger charge is 2.36. The van der Waals surface area contributed by atoms with Gasteiger partial charge in [0.25, 0.3) is 0 Å². The maximum absolute atomic E-state index is 13.0. The molecule has 1 aliphatic rings. The van der Waals surface area contributed by atoms with Gasteiger partial charge < -0.3 is 10.1 Å². The number of Topliss-reactive ketones (excluding diaryl/α,β-unsaturated/α-hetero) is 1. The molecule has 1 aromatic heterocycles. The number of hydrogen-bond donors (Lipinski definition) is 1. The lowest BCUT2D eigenvalue weighted by atomic mass is 9.94. The molecule has 0 radical (unpaired) electrons. The van der Waals surface area contributed by atoms with Gasteiger partial charge in [0, 0.05) is 11.3 Å². The molecule has 142 valence electrons. The minimum atomic E-state index is -0.483. The van der Waals surface area contributed by atoms with E-state index in [1.807, 2.05) is 30.3 Å².